The summed E-state index contributed by atoms with van der Waals surface area (Å²) in [6.07, 6.45) is 0. The molecule has 2 aromatic carbocycles. The highest BCUT2D eigenvalue weighted by Gasteiger charge is 1.99. The number of para-hydroxylation sites is 1. The molecule has 0 aliphatic rings. The molecule has 0 fully saturated rings. The lowest BCUT2D eigenvalue weighted by molar-refractivity contribution is 1.07. The highest BCUT2D eigenvalue weighted by atomic mass is 14.9. The van der Waals surface area contributed by atoms with Gasteiger partial charge in [0.1, 0.15) is 0 Å². The zero-order valence-corrected chi connectivity index (χ0v) is 11.9. The fourth-order valence-electron chi connectivity index (χ4n) is 2.48. The largest absolute Gasteiger partial charge is 0.379 e. The Labute approximate surface area is 119 Å². The van der Waals surface area contributed by atoms with Crippen LogP contribution in [0.4, 0.5) is 5.69 Å². The summed E-state index contributed by atoms with van der Waals surface area (Å²) in [6.45, 7) is 4.98. The Morgan fingerprint density at radius 1 is 0.900 bits per heavy atom. The number of fused-ring (bicyclic) bond motifs is 1. The molecule has 0 aliphatic heterocycles. The third-order valence-corrected chi connectivity index (χ3v) is 3.35. The monoisotopic (exact) mass is 262 g/mol. The standard InChI is InChI=1S/C18H18N2/c1-13-9-14(2)11-17(10-13)19-12-16-8-7-15-5-3-4-6-18(15)20-16/h3-11,19H,12H2,1-2H3. The molecule has 0 aliphatic carbocycles. The first-order valence-electron chi connectivity index (χ1n) is 6.87. The molecule has 0 atom stereocenters. The molecule has 3 aromatic rings. The van der Waals surface area contributed by atoms with Crippen molar-refractivity contribution in [3.63, 3.8) is 0 Å². The van der Waals surface area contributed by atoms with Crippen molar-refractivity contribution in [2.45, 2.75) is 20.4 Å². The van der Waals surface area contributed by atoms with E-state index in [2.05, 4.69) is 66.6 Å². The Kier molecular flexibility index (Phi) is 3.38. The van der Waals surface area contributed by atoms with Gasteiger partial charge in [-0.2, -0.15) is 0 Å². The van der Waals surface area contributed by atoms with Crippen molar-refractivity contribution in [1.29, 1.82) is 0 Å². The molecule has 0 unspecified atom stereocenters. The number of nitrogens with zero attached hydrogens (tertiary/aromatic N) is 1. The van der Waals surface area contributed by atoms with Crippen LogP contribution in [-0.2, 0) is 6.54 Å². The maximum atomic E-state index is 4.67. The van der Waals surface area contributed by atoms with Crippen LogP contribution < -0.4 is 5.32 Å². The van der Waals surface area contributed by atoms with Gasteiger partial charge in [0.2, 0.25) is 0 Å². The molecule has 0 bridgehead atoms. The highest BCUT2D eigenvalue weighted by molar-refractivity contribution is 5.78. The van der Waals surface area contributed by atoms with Gasteiger partial charge in [-0.15, -0.1) is 0 Å². The molecule has 0 saturated heterocycles. The number of benzene rings is 2. The summed E-state index contributed by atoms with van der Waals surface area (Å²) in [5, 5.41) is 4.63. The zero-order chi connectivity index (χ0) is 13.9. The van der Waals surface area contributed by atoms with Gasteiger partial charge in [-0.3, -0.25) is 4.98 Å². The summed E-state index contributed by atoms with van der Waals surface area (Å²) in [4.78, 5) is 4.67. The smallest absolute Gasteiger partial charge is 0.0706 e. The molecule has 100 valence electrons. The van der Waals surface area contributed by atoms with Crippen molar-refractivity contribution in [3.05, 3.63) is 71.4 Å². The van der Waals surface area contributed by atoms with E-state index in [4.69, 9.17) is 0 Å². The van der Waals surface area contributed by atoms with Crippen LogP contribution in [0.15, 0.2) is 54.6 Å². The second-order valence-electron chi connectivity index (χ2n) is 5.23. The van der Waals surface area contributed by atoms with Gasteiger partial charge in [-0.25, -0.2) is 0 Å². The zero-order valence-electron chi connectivity index (χ0n) is 11.9. The molecule has 0 saturated carbocycles. The number of nitrogens with one attached hydrogen (secondary N) is 1. The first-order chi connectivity index (χ1) is 9.70. The summed E-state index contributed by atoms with van der Waals surface area (Å²) in [5.74, 6) is 0. The second-order valence-corrected chi connectivity index (χ2v) is 5.23. The highest BCUT2D eigenvalue weighted by Crippen LogP contribution is 2.16. The molecule has 20 heavy (non-hydrogen) atoms. The normalized spacial score (nSPS) is 10.7. The van der Waals surface area contributed by atoms with E-state index in [1.807, 2.05) is 12.1 Å². The maximum Gasteiger partial charge on any atom is 0.0706 e. The van der Waals surface area contributed by atoms with Crippen LogP contribution in [0.25, 0.3) is 10.9 Å². The predicted octanol–water partition coefficient (Wildman–Crippen LogP) is 4.46. The van der Waals surface area contributed by atoms with Crippen LogP contribution >= 0.6 is 0 Å². The van der Waals surface area contributed by atoms with E-state index < -0.39 is 0 Å². The lowest BCUT2D eigenvalue weighted by atomic mass is 10.1. The molecular weight excluding hydrogens is 244 g/mol. The van der Waals surface area contributed by atoms with Crippen molar-refractivity contribution < 1.29 is 0 Å². The Balaban J connectivity index is 1.79. The molecular formula is C18H18N2. The number of aromatic nitrogens is 1. The predicted molar refractivity (Wildman–Crippen MR) is 85.0 cm³/mol. The number of rotatable bonds is 3. The number of hydrogen-bond donors (Lipinski definition) is 1. The number of anilines is 1. The summed E-state index contributed by atoms with van der Waals surface area (Å²) in [6, 6.07) is 18.9. The summed E-state index contributed by atoms with van der Waals surface area (Å²) in [7, 11) is 0. The van der Waals surface area contributed by atoms with Crippen LogP contribution in [0.5, 0.6) is 0 Å². The van der Waals surface area contributed by atoms with E-state index in [0.717, 1.165) is 23.4 Å². The Morgan fingerprint density at radius 3 is 2.45 bits per heavy atom. The van der Waals surface area contributed by atoms with Gasteiger partial charge < -0.3 is 5.32 Å². The molecule has 1 heterocycles. The van der Waals surface area contributed by atoms with E-state index in [0.29, 0.717) is 0 Å². The molecule has 1 N–H and O–H groups in total. The van der Waals surface area contributed by atoms with Crippen LogP contribution in [0.3, 0.4) is 0 Å². The van der Waals surface area contributed by atoms with Crippen LogP contribution in [0.2, 0.25) is 0 Å². The van der Waals surface area contributed by atoms with Crippen molar-refractivity contribution in [2.24, 2.45) is 0 Å². The Morgan fingerprint density at radius 2 is 1.65 bits per heavy atom. The molecule has 0 spiro atoms. The minimum Gasteiger partial charge on any atom is -0.379 e. The number of pyridine rings is 1. The average Bonchev–Trinajstić information content (AvgIpc) is 2.44. The van der Waals surface area contributed by atoms with Crippen LogP contribution in [0, 0.1) is 13.8 Å². The second kappa shape index (κ2) is 5.33. The molecule has 0 amide bonds. The summed E-state index contributed by atoms with van der Waals surface area (Å²) >= 11 is 0. The van der Waals surface area contributed by atoms with E-state index in [-0.39, 0.29) is 0 Å². The SMILES string of the molecule is Cc1cc(C)cc(NCc2ccc3ccccc3n2)c1. The molecule has 3 rings (SSSR count). The molecule has 1 aromatic heterocycles. The Bertz CT molecular complexity index is 727. The molecule has 2 heteroatoms. The van der Waals surface area contributed by atoms with Gasteiger partial charge in [0.15, 0.2) is 0 Å². The van der Waals surface area contributed by atoms with Gasteiger partial charge in [0.25, 0.3) is 0 Å². The lowest BCUT2D eigenvalue weighted by Gasteiger charge is -2.09. The maximum absolute atomic E-state index is 4.67. The third kappa shape index (κ3) is 2.80. The van der Waals surface area contributed by atoms with Crippen molar-refractivity contribution in [2.75, 3.05) is 5.32 Å². The van der Waals surface area contributed by atoms with Crippen molar-refractivity contribution in [1.82, 2.24) is 4.98 Å². The first-order valence-corrected chi connectivity index (χ1v) is 6.87. The van der Waals surface area contributed by atoms with E-state index >= 15 is 0 Å². The van der Waals surface area contributed by atoms with Crippen molar-refractivity contribution in [3.8, 4) is 0 Å². The summed E-state index contributed by atoms with van der Waals surface area (Å²) in [5.41, 5.74) is 5.81. The van der Waals surface area contributed by atoms with E-state index in [1.54, 1.807) is 0 Å². The molecule has 2 nitrogen and oxygen atoms in total. The fourth-order valence-corrected chi connectivity index (χ4v) is 2.48. The van der Waals surface area contributed by atoms with Gasteiger partial charge in [0, 0.05) is 11.1 Å². The third-order valence-electron chi connectivity index (χ3n) is 3.35. The quantitative estimate of drug-likeness (QED) is 0.753. The first kappa shape index (κ1) is 12.7. The minimum atomic E-state index is 0.744. The van der Waals surface area contributed by atoms with Crippen LogP contribution in [-0.4, -0.2) is 4.98 Å². The van der Waals surface area contributed by atoms with E-state index in [1.165, 1.54) is 16.5 Å². The van der Waals surface area contributed by atoms with E-state index in [9.17, 15) is 0 Å². The molecule has 0 radical (unpaired) electrons. The minimum absolute atomic E-state index is 0.744. The average molecular weight is 262 g/mol. The topological polar surface area (TPSA) is 24.9 Å². The lowest BCUT2D eigenvalue weighted by Crippen LogP contribution is -2.02. The number of aryl methyl sites for hydroxylation is 2. The van der Waals surface area contributed by atoms with Gasteiger partial charge in [-0.1, -0.05) is 30.3 Å². The van der Waals surface area contributed by atoms with Gasteiger partial charge in [-0.05, 0) is 49.2 Å². The fraction of sp³-hybridized carbons (Fsp3) is 0.167. The van der Waals surface area contributed by atoms with Gasteiger partial charge >= 0.3 is 0 Å². The van der Waals surface area contributed by atoms with Gasteiger partial charge in [0.05, 0.1) is 17.8 Å². The van der Waals surface area contributed by atoms with Crippen molar-refractivity contribution >= 4 is 16.6 Å². The van der Waals surface area contributed by atoms with Crippen LogP contribution in [0.1, 0.15) is 16.8 Å². The number of hydrogen-bond acceptors (Lipinski definition) is 2. The Hall–Kier alpha value is -2.35. The summed E-state index contributed by atoms with van der Waals surface area (Å²) < 4.78 is 0.